The second-order valence-electron chi connectivity index (χ2n) is 6.38. The number of carbonyl (C=O) groups is 1. The zero-order valence-electron chi connectivity index (χ0n) is 14.3. The van der Waals surface area contributed by atoms with Gasteiger partial charge < -0.3 is 9.88 Å². The van der Waals surface area contributed by atoms with Gasteiger partial charge in [0.25, 0.3) is 0 Å². The molecule has 0 unspecified atom stereocenters. The van der Waals surface area contributed by atoms with Crippen LogP contribution >= 0.6 is 0 Å². The molecule has 0 bridgehead atoms. The van der Waals surface area contributed by atoms with Gasteiger partial charge >= 0.3 is 6.03 Å². The standard InChI is InChI=1S/C17H22N4O3S/c1-20(14-3-5-15(6-4-14)25(2,23)24)17(22)21-9-7-13(8-10-21)16-11-18-12-19-16/h3-6,11-13H,7-10H2,1-2H3,(H,18,19). The van der Waals surface area contributed by atoms with Crippen molar-refractivity contribution in [1.82, 2.24) is 14.9 Å². The summed E-state index contributed by atoms with van der Waals surface area (Å²) in [4.78, 5) is 23.5. The van der Waals surface area contributed by atoms with E-state index in [0.29, 0.717) is 24.7 Å². The highest BCUT2D eigenvalue weighted by atomic mass is 32.2. The Morgan fingerprint density at radius 3 is 2.40 bits per heavy atom. The third-order valence-corrected chi connectivity index (χ3v) is 5.79. The molecule has 0 radical (unpaired) electrons. The van der Waals surface area contributed by atoms with E-state index in [1.165, 1.54) is 18.4 Å². The van der Waals surface area contributed by atoms with Gasteiger partial charge in [0.15, 0.2) is 9.84 Å². The Morgan fingerprint density at radius 2 is 1.88 bits per heavy atom. The fourth-order valence-electron chi connectivity index (χ4n) is 3.11. The summed E-state index contributed by atoms with van der Waals surface area (Å²) in [6.45, 7) is 1.38. The molecule has 0 spiro atoms. The highest BCUT2D eigenvalue weighted by Gasteiger charge is 2.26. The average molecular weight is 362 g/mol. The van der Waals surface area contributed by atoms with Gasteiger partial charge in [-0.2, -0.15) is 0 Å². The number of carbonyl (C=O) groups excluding carboxylic acids is 1. The topological polar surface area (TPSA) is 86.4 Å². The number of H-pyrrole nitrogens is 1. The van der Waals surface area contributed by atoms with E-state index < -0.39 is 9.84 Å². The third kappa shape index (κ3) is 3.84. The molecule has 2 heterocycles. The number of sulfone groups is 1. The number of imidazole rings is 1. The molecule has 25 heavy (non-hydrogen) atoms. The van der Waals surface area contributed by atoms with Gasteiger partial charge in [0, 0.05) is 49.9 Å². The van der Waals surface area contributed by atoms with Gasteiger partial charge in [-0.3, -0.25) is 4.90 Å². The number of benzene rings is 1. The number of amides is 2. The first-order valence-corrected chi connectivity index (χ1v) is 10.1. The number of hydrogen-bond acceptors (Lipinski definition) is 4. The summed E-state index contributed by atoms with van der Waals surface area (Å²) < 4.78 is 23.1. The van der Waals surface area contributed by atoms with Gasteiger partial charge in [0.1, 0.15) is 0 Å². The predicted octanol–water partition coefficient (Wildman–Crippen LogP) is 2.25. The second kappa shape index (κ2) is 6.87. The van der Waals surface area contributed by atoms with Crippen LogP contribution in [0.4, 0.5) is 10.5 Å². The summed E-state index contributed by atoms with van der Waals surface area (Å²) in [5, 5.41) is 0. The fraction of sp³-hybridized carbons (Fsp3) is 0.412. The van der Waals surface area contributed by atoms with E-state index in [1.807, 2.05) is 11.1 Å². The minimum Gasteiger partial charge on any atom is -0.348 e. The smallest absolute Gasteiger partial charge is 0.324 e. The van der Waals surface area contributed by atoms with Crippen molar-refractivity contribution in [3.05, 3.63) is 42.5 Å². The Hall–Kier alpha value is -2.35. The summed E-state index contributed by atoms with van der Waals surface area (Å²) in [5.41, 5.74) is 1.80. The van der Waals surface area contributed by atoms with Crippen LogP contribution in [-0.2, 0) is 9.84 Å². The fourth-order valence-corrected chi connectivity index (χ4v) is 3.74. The average Bonchev–Trinajstić information content (AvgIpc) is 3.14. The Balaban J connectivity index is 1.63. The van der Waals surface area contributed by atoms with Gasteiger partial charge in [-0.1, -0.05) is 0 Å². The van der Waals surface area contributed by atoms with Crippen LogP contribution < -0.4 is 4.90 Å². The van der Waals surface area contributed by atoms with E-state index in [-0.39, 0.29) is 10.9 Å². The lowest BCUT2D eigenvalue weighted by Gasteiger charge is -2.34. The molecule has 1 aliphatic heterocycles. The van der Waals surface area contributed by atoms with E-state index in [4.69, 9.17) is 0 Å². The number of piperidine rings is 1. The summed E-state index contributed by atoms with van der Waals surface area (Å²) in [6.07, 6.45) is 6.49. The largest absolute Gasteiger partial charge is 0.348 e. The minimum absolute atomic E-state index is 0.0739. The molecule has 0 aliphatic carbocycles. The summed E-state index contributed by atoms with van der Waals surface area (Å²) in [6, 6.07) is 6.30. The molecule has 8 heteroatoms. The van der Waals surface area contributed by atoms with Gasteiger partial charge in [-0.15, -0.1) is 0 Å². The maximum absolute atomic E-state index is 12.7. The van der Waals surface area contributed by atoms with Crippen molar-refractivity contribution in [2.45, 2.75) is 23.7 Å². The van der Waals surface area contributed by atoms with E-state index in [1.54, 1.807) is 30.4 Å². The number of likely N-dealkylation sites (tertiary alicyclic amines) is 1. The number of nitrogens with one attached hydrogen (secondary N) is 1. The number of nitrogens with zero attached hydrogens (tertiary/aromatic N) is 3. The molecule has 0 atom stereocenters. The highest BCUT2D eigenvalue weighted by molar-refractivity contribution is 7.90. The van der Waals surface area contributed by atoms with Crippen molar-refractivity contribution >= 4 is 21.6 Å². The van der Waals surface area contributed by atoms with Crippen LogP contribution in [0.15, 0.2) is 41.7 Å². The zero-order valence-corrected chi connectivity index (χ0v) is 15.2. The highest BCUT2D eigenvalue weighted by Crippen LogP contribution is 2.27. The number of anilines is 1. The molecule has 2 aromatic rings. The van der Waals surface area contributed by atoms with Crippen molar-refractivity contribution in [1.29, 1.82) is 0 Å². The molecule has 1 aliphatic rings. The molecule has 0 saturated carbocycles. The van der Waals surface area contributed by atoms with Gasteiger partial charge in [0.05, 0.1) is 11.2 Å². The maximum atomic E-state index is 12.7. The summed E-state index contributed by atoms with van der Waals surface area (Å²) in [7, 11) is -1.53. The molecule has 1 fully saturated rings. The van der Waals surface area contributed by atoms with Crippen LogP contribution in [0.1, 0.15) is 24.5 Å². The SMILES string of the molecule is CN(C(=O)N1CCC(c2cnc[nH]2)CC1)c1ccc(S(C)(=O)=O)cc1. The van der Waals surface area contributed by atoms with Crippen LogP contribution in [-0.4, -0.2) is 55.7 Å². The Morgan fingerprint density at radius 1 is 1.24 bits per heavy atom. The first-order chi connectivity index (χ1) is 11.9. The minimum atomic E-state index is -3.24. The van der Waals surface area contributed by atoms with Crippen molar-refractivity contribution in [2.75, 3.05) is 31.3 Å². The van der Waals surface area contributed by atoms with Crippen LogP contribution in [0.3, 0.4) is 0 Å². The van der Waals surface area contributed by atoms with Crippen LogP contribution in [0.2, 0.25) is 0 Å². The van der Waals surface area contributed by atoms with Crippen LogP contribution in [0.5, 0.6) is 0 Å². The molecule has 2 amide bonds. The number of hydrogen-bond donors (Lipinski definition) is 1. The molecule has 1 N–H and O–H groups in total. The molecule has 1 aromatic carbocycles. The Bertz CT molecular complexity index is 823. The summed E-state index contributed by atoms with van der Waals surface area (Å²) >= 11 is 0. The second-order valence-corrected chi connectivity index (χ2v) is 8.39. The van der Waals surface area contributed by atoms with E-state index >= 15 is 0 Å². The predicted molar refractivity (Wildman–Crippen MR) is 95.5 cm³/mol. The van der Waals surface area contributed by atoms with Crippen molar-refractivity contribution in [3.63, 3.8) is 0 Å². The van der Waals surface area contributed by atoms with Crippen molar-refractivity contribution in [2.24, 2.45) is 0 Å². The van der Waals surface area contributed by atoms with Gasteiger partial charge in [0.2, 0.25) is 0 Å². The normalized spacial score (nSPS) is 16.0. The van der Waals surface area contributed by atoms with Gasteiger partial charge in [-0.05, 0) is 37.1 Å². The van der Waals surface area contributed by atoms with E-state index in [2.05, 4.69) is 9.97 Å². The number of rotatable bonds is 3. The first kappa shape index (κ1) is 17.5. The molecule has 7 nitrogen and oxygen atoms in total. The lowest BCUT2D eigenvalue weighted by Crippen LogP contribution is -2.45. The molecule has 134 valence electrons. The van der Waals surface area contributed by atoms with E-state index in [0.717, 1.165) is 18.5 Å². The van der Waals surface area contributed by atoms with Crippen molar-refractivity contribution < 1.29 is 13.2 Å². The zero-order chi connectivity index (χ0) is 18.0. The van der Waals surface area contributed by atoms with Crippen LogP contribution in [0, 0.1) is 0 Å². The maximum Gasteiger partial charge on any atom is 0.324 e. The number of aromatic nitrogens is 2. The third-order valence-electron chi connectivity index (χ3n) is 4.66. The Kier molecular flexibility index (Phi) is 4.80. The lowest BCUT2D eigenvalue weighted by molar-refractivity contribution is 0.188. The lowest BCUT2D eigenvalue weighted by atomic mass is 9.94. The molecular weight excluding hydrogens is 340 g/mol. The molecular formula is C17H22N4O3S. The Labute approximate surface area is 147 Å². The molecule has 3 rings (SSSR count). The summed E-state index contributed by atoms with van der Waals surface area (Å²) in [5.74, 6) is 0.408. The quantitative estimate of drug-likeness (QED) is 0.907. The van der Waals surface area contributed by atoms with Gasteiger partial charge in [-0.25, -0.2) is 18.2 Å². The van der Waals surface area contributed by atoms with E-state index in [9.17, 15) is 13.2 Å². The first-order valence-electron chi connectivity index (χ1n) is 8.17. The van der Waals surface area contributed by atoms with Crippen molar-refractivity contribution in [3.8, 4) is 0 Å². The number of aromatic amines is 1. The van der Waals surface area contributed by atoms with Crippen LogP contribution in [0.25, 0.3) is 0 Å². The molecule has 1 saturated heterocycles. The monoisotopic (exact) mass is 362 g/mol. The molecule has 1 aromatic heterocycles. The number of urea groups is 1.